The van der Waals surface area contributed by atoms with Gasteiger partial charge in [-0.3, -0.25) is 0 Å². The molecule has 1 aliphatic carbocycles. The van der Waals surface area contributed by atoms with Gasteiger partial charge in [-0.15, -0.1) is 0 Å². The van der Waals surface area contributed by atoms with E-state index in [1.807, 2.05) is 0 Å². The molecule has 0 bridgehead atoms. The Bertz CT molecular complexity index is 237. The molecule has 0 radical (unpaired) electrons. The lowest BCUT2D eigenvalue weighted by Gasteiger charge is -2.42. The first kappa shape index (κ1) is 13.4. The lowest BCUT2D eigenvalue weighted by molar-refractivity contribution is 0.0918. The molecular weight excluding hydrogens is 208 g/mol. The Morgan fingerprint density at radius 1 is 1.24 bits per heavy atom. The van der Waals surface area contributed by atoms with Gasteiger partial charge in [0, 0.05) is 19.6 Å². The van der Waals surface area contributed by atoms with Crippen molar-refractivity contribution in [2.45, 2.75) is 46.0 Å². The highest BCUT2D eigenvalue weighted by atomic mass is 15.2. The normalized spacial score (nSPS) is 39.7. The number of hydrogen-bond donors (Lipinski definition) is 1. The molecule has 3 atom stereocenters. The van der Waals surface area contributed by atoms with Crippen LogP contribution in [0.4, 0.5) is 0 Å². The molecule has 2 fully saturated rings. The second-order valence-corrected chi connectivity index (χ2v) is 6.86. The molecule has 1 N–H and O–H groups in total. The summed E-state index contributed by atoms with van der Waals surface area (Å²) in [7, 11) is 2.12. The van der Waals surface area contributed by atoms with Gasteiger partial charge in [0.15, 0.2) is 0 Å². The summed E-state index contributed by atoms with van der Waals surface area (Å²) < 4.78 is 0. The second kappa shape index (κ2) is 5.71. The number of likely N-dealkylation sites (tertiary alicyclic amines) is 1. The molecule has 2 nitrogen and oxygen atoms in total. The van der Waals surface area contributed by atoms with Crippen molar-refractivity contribution in [3.05, 3.63) is 0 Å². The zero-order chi connectivity index (χ0) is 12.3. The summed E-state index contributed by atoms with van der Waals surface area (Å²) in [6, 6.07) is 0. The van der Waals surface area contributed by atoms with E-state index in [9.17, 15) is 0 Å². The minimum absolute atomic E-state index is 0.566. The number of rotatable bonds is 4. The molecule has 0 aromatic heterocycles. The number of hydrogen-bond acceptors (Lipinski definition) is 2. The van der Waals surface area contributed by atoms with E-state index in [1.54, 1.807) is 0 Å². The van der Waals surface area contributed by atoms with Crippen LogP contribution in [0, 0.1) is 17.3 Å². The summed E-state index contributed by atoms with van der Waals surface area (Å²) in [5, 5.41) is 3.46. The van der Waals surface area contributed by atoms with Crippen LogP contribution in [0.15, 0.2) is 0 Å². The Morgan fingerprint density at radius 2 is 2.06 bits per heavy atom. The van der Waals surface area contributed by atoms with Crippen molar-refractivity contribution in [2.24, 2.45) is 17.3 Å². The maximum Gasteiger partial charge on any atom is 0.00504 e. The van der Waals surface area contributed by atoms with Crippen LogP contribution >= 0.6 is 0 Å². The van der Waals surface area contributed by atoms with Crippen molar-refractivity contribution in [1.29, 1.82) is 0 Å². The maximum absolute atomic E-state index is 3.46. The van der Waals surface area contributed by atoms with E-state index in [2.05, 4.69) is 31.1 Å². The van der Waals surface area contributed by atoms with Crippen molar-refractivity contribution in [3.63, 3.8) is 0 Å². The second-order valence-electron chi connectivity index (χ2n) is 6.86. The van der Waals surface area contributed by atoms with Gasteiger partial charge in [0.05, 0.1) is 0 Å². The van der Waals surface area contributed by atoms with E-state index < -0.39 is 0 Å². The van der Waals surface area contributed by atoms with E-state index in [0.717, 1.165) is 11.8 Å². The van der Waals surface area contributed by atoms with E-state index >= 15 is 0 Å². The third kappa shape index (κ3) is 3.45. The van der Waals surface area contributed by atoms with Gasteiger partial charge < -0.3 is 10.2 Å². The SMILES string of the molecule is CNCC1(CN2CCC(C)C2)CCCC(C)C1. The fourth-order valence-electron chi connectivity index (χ4n) is 4.15. The summed E-state index contributed by atoms with van der Waals surface area (Å²) in [6.45, 7) is 10.1. The van der Waals surface area contributed by atoms with Crippen LogP contribution in [0.25, 0.3) is 0 Å². The fraction of sp³-hybridized carbons (Fsp3) is 1.00. The molecule has 1 saturated heterocycles. The largest absolute Gasteiger partial charge is 0.319 e. The summed E-state index contributed by atoms with van der Waals surface area (Å²) in [5.74, 6) is 1.85. The summed E-state index contributed by atoms with van der Waals surface area (Å²) in [5.41, 5.74) is 0.566. The van der Waals surface area contributed by atoms with E-state index in [1.165, 1.54) is 58.3 Å². The van der Waals surface area contributed by atoms with Gasteiger partial charge in [-0.2, -0.15) is 0 Å². The smallest absolute Gasteiger partial charge is 0.00504 e. The van der Waals surface area contributed by atoms with Gasteiger partial charge >= 0.3 is 0 Å². The third-order valence-corrected chi connectivity index (χ3v) is 4.80. The lowest BCUT2D eigenvalue weighted by atomic mass is 9.69. The van der Waals surface area contributed by atoms with Crippen LogP contribution in [0.5, 0.6) is 0 Å². The average molecular weight is 238 g/mol. The first-order chi connectivity index (χ1) is 8.13. The zero-order valence-electron chi connectivity index (χ0n) is 12.0. The van der Waals surface area contributed by atoms with Crippen LogP contribution < -0.4 is 5.32 Å². The van der Waals surface area contributed by atoms with Crippen LogP contribution in [0.2, 0.25) is 0 Å². The molecule has 1 heterocycles. The van der Waals surface area contributed by atoms with Gasteiger partial charge in [-0.1, -0.05) is 26.7 Å². The summed E-state index contributed by atoms with van der Waals surface area (Å²) >= 11 is 0. The Hall–Kier alpha value is -0.0800. The summed E-state index contributed by atoms with van der Waals surface area (Å²) in [6.07, 6.45) is 7.15. The molecule has 1 aliphatic heterocycles. The highest BCUT2D eigenvalue weighted by molar-refractivity contribution is 4.91. The molecule has 0 spiro atoms. The van der Waals surface area contributed by atoms with Crippen LogP contribution in [0.3, 0.4) is 0 Å². The minimum atomic E-state index is 0.566. The molecule has 0 amide bonds. The molecule has 2 aliphatic rings. The number of nitrogens with one attached hydrogen (secondary N) is 1. The highest BCUT2D eigenvalue weighted by Crippen LogP contribution is 2.40. The topological polar surface area (TPSA) is 15.3 Å². The molecule has 2 heteroatoms. The van der Waals surface area contributed by atoms with Gasteiger partial charge in [0.1, 0.15) is 0 Å². The number of nitrogens with zero attached hydrogens (tertiary/aromatic N) is 1. The average Bonchev–Trinajstić information content (AvgIpc) is 2.64. The molecular formula is C15H30N2. The third-order valence-electron chi connectivity index (χ3n) is 4.80. The Balaban J connectivity index is 1.95. The van der Waals surface area contributed by atoms with Crippen molar-refractivity contribution in [1.82, 2.24) is 10.2 Å². The predicted octanol–water partition coefficient (Wildman–Crippen LogP) is 2.74. The monoisotopic (exact) mass is 238 g/mol. The highest BCUT2D eigenvalue weighted by Gasteiger charge is 2.37. The lowest BCUT2D eigenvalue weighted by Crippen LogP contribution is -2.45. The van der Waals surface area contributed by atoms with Crippen LogP contribution in [-0.4, -0.2) is 38.1 Å². The standard InChI is InChI=1S/C15H30N2/c1-13-5-4-7-15(9-13,11-16-3)12-17-8-6-14(2)10-17/h13-14,16H,4-12H2,1-3H3. The van der Waals surface area contributed by atoms with Gasteiger partial charge in [0.2, 0.25) is 0 Å². The first-order valence-corrected chi connectivity index (χ1v) is 7.50. The molecule has 1 saturated carbocycles. The molecule has 17 heavy (non-hydrogen) atoms. The quantitative estimate of drug-likeness (QED) is 0.810. The van der Waals surface area contributed by atoms with E-state index in [4.69, 9.17) is 0 Å². The Labute approximate surface area is 107 Å². The van der Waals surface area contributed by atoms with E-state index in [-0.39, 0.29) is 0 Å². The first-order valence-electron chi connectivity index (χ1n) is 7.50. The van der Waals surface area contributed by atoms with Crippen LogP contribution in [0.1, 0.15) is 46.0 Å². The van der Waals surface area contributed by atoms with Crippen LogP contribution in [-0.2, 0) is 0 Å². The van der Waals surface area contributed by atoms with Crippen molar-refractivity contribution in [2.75, 3.05) is 33.2 Å². The molecule has 3 unspecified atom stereocenters. The Kier molecular flexibility index (Phi) is 4.48. The van der Waals surface area contributed by atoms with E-state index in [0.29, 0.717) is 5.41 Å². The zero-order valence-corrected chi connectivity index (χ0v) is 12.0. The molecule has 100 valence electrons. The molecule has 2 rings (SSSR count). The fourth-order valence-corrected chi connectivity index (χ4v) is 4.15. The van der Waals surface area contributed by atoms with Gasteiger partial charge in [-0.25, -0.2) is 0 Å². The molecule has 0 aromatic carbocycles. The van der Waals surface area contributed by atoms with Crippen molar-refractivity contribution >= 4 is 0 Å². The minimum Gasteiger partial charge on any atom is -0.319 e. The van der Waals surface area contributed by atoms with Crippen molar-refractivity contribution in [3.8, 4) is 0 Å². The predicted molar refractivity (Wildman–Crippen MR) is 74.2 cm³/mol. The van der Waals surface area contributed by atoms with Crippen molar-refractivity contribution < 1.29 is 0 Å². The van der Waals surface area contributed by atoms with Gasteiger partial charge in [-0.05, 0) is 50.1 Å². The van der Waals surface area contributed by atoms with Gasteiger partial charge in [0.25, 0.3) is 0 Å². The summed E-state index contributed by atoms with van der Waals surface area (Å²) in [4.78, 5) is 2.72. The maximum atomic E-state index is 3.46. The Morgan fingerprint density at radius 3 is 2.65 bits per heavy atom. The molecule has 0 aromatic rings.